The summed E-state index contributed by atoms with van der Waals surface area (Å²) in [6.45, 7) is 3.19. The van der Waals surface area contributed by atoms with Gasteiger partial charge in [-0.15, -0.1) is 0 Å². The number of aliphatic carboxylic acids is 1. The van der Waals surface area contributed by atoms with Crippen LogP contribution in [-0.4, -0.2) is 21.8 Å². The Kier molecular flexibility index (Phi) is 3.94. The summed E-state index contributed by atoms with van der Waals surface area (Å²) in [5.41, 5.74) is -0.359. The fourth-order valence-corrected chi connectivity index (χ4v) is 1.67. The third-order valence-electron chi connectivity index (χ3n) is 2.27. The lowest BCUT2D eigenvalue weighted by atomic mass is 9.88. The van der Waals surface area contributed by atoms with E-state index in [4.69, 9.17) is 16.7 Å². The molecule has 1 aromatic rings. The lowest BCUT2D eigenvalue weighted by Crippen LogP contribution is -2.26. The van der Waals surface area contributed by atoms with Gasteiger partial charge in [-0.05, 0) is 38.0 Å². The van der Waals surface area contributed by atoms with Crippen LogP contribution >= 0.6 is 11.6 Å². The first-order valence-electron chi connectivity index (χ1n) is 5.00. The summed E-state index contributed by atoms with van der Waals surface area (Å²) >= 11 is 5.73. The molecule has 0 amide bonds. The molecule has 88 valence electrons. The van der Waals surface area contributed by atoms with Crippen molar-refractivity contribution >= 4 is 17.6 Å². The summed E-state index contributed by atoms with van der Waals surface area (Å²) in [6, 6.07) is 6.65. The van der Waals surface area contributed by atoms with E-state index >= 15 is 0 Å². The molecule has 0 aliphatic heterocycles. The molecule has 1 unspecified atom stereocenters. The van der Waals surface area contributed by atoms with Crippen LogP contribution < -0.4 is 0 Å². The molecule has 0 saturated carbocycles. The Labute approximate surface area is 99.7 Å². The number of carbonyl (C=O) groups is 1. The monoisotopic (exact) mass is 242 g/mol. The van der Waals surface area contributed by atoms with Crippen molar-refractivity contribution in [2.45, 2.75) is 31.8 Å². The fraction of sp³-hybridized carbons (Fsp3) is 0.417. The van der Waals surface area contributed by atoms with Crippen LogP contribution in [0.2, 0.25) is 5.02 Å². The number of carboxylic acid groups (broad SMARTS) is 1. The molecule has 2 N–H and O–H groups in total. The topological polar surface area (TPSA) is 57.5 Å². The standard InChI is InChI=1S/C12H15ClO3/c1-12(2,16)7-10(11(14)15)8-3-5-9(13)6-4-8/h3-6,10,16H,7H2,1-2H3,(H,14,15). The van der Waals surface area contributed by atoms with E-state index in [0.717, 1.165) is 0 Å². The molecule has 0 aromatic heterocycles. The number of aliphatic hydroxyl groups is 1. The van der Waals surface area contributed by atoms with Crippen LogP contribution in [0.5, 0.6) is 0 Å². The van der Waals surface area contributed by atoms with Gasteiger partial charge in [-0.25, -0.2) is 0 Å². The van der Waals surface area contributed by atoms with Crippen molar-refractivity contribution < 1.29 is 15.0 Å². The zero-order chi connectivity index (χ0) is 12.3. The molecule has 1 rings (SSSR count). The number of carboxylic acids is 1. The van der Waals surface area contributed by atoms with Crippen LogP contribution in [0.3, 0.4) is 0 Å². The van der Waals surface area contributed by atoms with Crippen molar-refractivity contribution in [3.8, 4) is 0 Å². The van der Waals surface area contributed by atoms with E-state index < -0.39 is 17.5 Å². The Hall–Kier alpha value is -1.06. The van der Waals surface area contributed by atoms with Crippen molar-refractivity contribution in [1.29, 1.82) is 0 Å². The summed E-state index contributed by atoms with van der Waals surface area (Å²) in [5, 5.41) is 19.3. The highest BCUT2D eigenvalue weighted by Gasteiger charge is 2.27. The van der Waals surface area contributed by atoms with Crippen LogP contribution in [0.15, 0.2) is 24.3 Å². The summed E-state index contributed by atoms with van der Waals surface area (Å²) < 4.78 is 0. The Balaban J connectivity index is 2.94. The highest BCUT2D eigenvalue weighted by molar-refractivity contribution is 6.30. The molecule has 0 bridgehead atoms. The van der Waals surface area contributed by atoms with Gasteiger partial charge < -0.3 is 10.2 Å². The van der Waals surface area contributed by atoms with Crippen molar-refractivity contribution in [1.82, 2.24) is 0 Å². The first-order valence-corrected chi connectivity index (χ1v) is 5.38. The Morgan fingerprint density at radius 1 is 1.38 bits per heavy atom. The molecule has 16 heavy (non-hydrogen) atoms. The van der Waals surface area contributed by atoms with Crippen LogP contribution in [0.1, 0.15) is 31.7 Å². The van der Waals surface area contributed by atoms with E-state index in [-0.39, 0.29) is 6.42 Å². The van der Waals surface area contributed by atoms with Gasteiger partial charge in [0.2, 0.25) is 0 Å². The average Bonchev–Trinajstić information content (AvgIpc) is 2.14. The second-order valence-electron chi connectivity index (χ2n) is 4.46. The maximum absolute atomic E-state index is 11.1. The molecular weight excluding hydrogens is 228 g/mol. The fourth-order valence-electron chi connectivity index (χ4n) is 1.54. The Morgan fingerprint density at radius 2 is 1.88 bits per heavy atom. The van der Waals surface area contributed by atoms with Crippen LogP contribution in [0.4, 0.5) is 0 Å². The predicted molar refractivity (Wildman–Crippen MR) is 62.7 cm³/mol. The lowest BCUT2D eigenvalue weighted by molar-refractivity contribution is -0.140. The van der Waals surface area contributed by atoms with Gasteiger partial charge in [0.1, 0.15) is 0 Å². The van der Waals surface area contributed by atoms with E-state index in [9.17, 15) is 9.90 Å². The Bertz CT molecular complexity index is 365. The number of halogens is 1. The summed E-state index contributed by atoms with van der Waals surface area (Å²) in [4.78, 5) is 11.1. The lowest BCUT2D eigenvalue weighted by Gasteiger charge is -2.22. The Morgan fingerprint density at radius 3 is 2.25 bits per heavy atom. The van der Waals surface area contributed by atoms with Gasteiger partial charge in [-0.2, -0.15) is 0 Å². The minimum absolute atomic E-state index is 0.171. The molecule has 0 heterocycles. The van der Waals surface area contributed by atoms with Gasteiger partial charge in [0, 0.05) is 5.02 Å². The first-order chi connectivity index (χ1) is 7.29. The third-order valence-corrected chi connectivity index (χ3v) is 2.53. The molecule has 0 saturated heterocycles. The van der Waals surface area contributed by atoms with Crippen LogP contribution in [0, 0.1) is 0 Å². The second kappa shape index (κ2) is 4.85. The number of hydrogen-bond acceptors (Lipinski definition) is 2. The van der Waals surface area contributed by atoms with Crippen molar-refractivity contribution in [3.63, 3.8) is 0 Å². The van der Waals surface area contributed by atoms with Gasteiger partial charge >= 0.3 is 5.97 Å². The van der Waals surface area contributed by atoms with E-state index in [1.165, 1.54) is 0 Å². The predicted octanol–water partition coefficient (Wildman–Crippen LogP) is 2.67. The number of benzene rings is 1. The van der Waals surface area contributed by atoms with Crippen molar-refractivity contribution in [2.24, 2.45) is 0 Å². The molecular formula is C12H15ClO3. The largest absolute Gasteiger partial charge is 0.481 e. The van der Waals surface area contributed by atoms with Crippen LogP contribution in [-0.2, 0) is 4.79 Å². The summed E-state index contributed by atoms with van der Waals surface area (Å²) in [5.74, 6) is -1.65. The smallest absolute Gasteiger partial charge is 0.311 e. The van der Waals surface area contributed by atoms with Gasteiger partial charge in [-0.1, -0.05) is 23.7 Å². The second-order valence-corrected chi connectivity index (χ2v) is 4.90. The summed E-state index contributed by atoms with van der Waals surface area (Å²) in [6.07, 6.45) is 0.171. The maximum atomic E-state index is 11.1. The van der Waals surface area contributed by atoms with Gasteiger partial charge in [-0.3, -0.25) is 4.79 Å². The average molecular weight is 243 g/mol. The highest BCUT2D eigenvalue weighted by atomic mass is 35.5. The molecule has 0 aliphatic carbocycles. The zero-order valence-corrected chi connectivity index (χ0v) is 10.0. The van der Waals surface area contributed by atoms with Crippen molar-refractivity contribution in [2.75, 3.05) is 0 Å². The zero-order valence-electron chi connectivity index (χ0n) is 9.27. The van der Waals surface area contributed by atoms with Crippen molar-refractivity contribution in [3.05, 3.63) is 34.9 Å². The van der Waals surface area contributed by atoms with E-state index in [1.54, 1.807) is 38.1 Å². The number of rotatable bonds is 4. The first kappa shape index (κ1) is 13.0. The van der Waals surface area contributed by atoms with E-state index in [2.05, 4.69) is 0 Å². The minimum Gasteiger partial charge on any atom is -0.481 e. The number of hydrogen-bond donors (Lipinski definition) is 2. The molecule has 0 fully saturated rings. The molecule has 4 heteroatoms. The third kappa shape index (κ3) is 3.83. The molecule has 3 nitrogen and oxygen atoms in total. The minimum atomic E-state index is -1.01. The van der Waals surface area contributed by atoms with E-state index in [1.807, 2.05) is 0 Å². The highest BCUT2D eigenvalue weighted by Crippen LogP contribution is 2.27. The normalized spacial score (nSPS) is 13.5. The van der Waals surface area contributed by atoms with Gasteiger partial charge in [0.05, 0.1) is 11.5 Å². The molecule has 0 spiro atoms. The maximum Gasteiger partial charge on any atom is 0.311 e. The molecule has 1 aromatic carbocycles. The summed E-state index contributed by atoms with van der Waals surface area (Å²) in [7, 11) is 0. The molecule has 0 aliphatic rings. The van der Waals surface area contributed by atoms with E-state index in [0.29, 0.717) is 10.6 Å². The molecule has 0 radical (unpaired) electrons. The molecule has 1 atom stereocenters. The van der Waals surface area contributed by atoms with Gasteiger partial charge in [0.25, 0.3) is 0 Å². The van der Waals surface area contributed by atoms with Crippen LogP contribution in [0.25, 0.3) is 0 Å². The SMILES string of the molecule is CC(C)(O)CC(C(=O)O)c1ccc(Cl)cc1. The van der Waals surface area contributed by atoms with Gasteiger partial charge in [0.15, 0.2) is 0 Å². The quantitative estimate of drug-likeness (QED) is 0.854.